The highest BCUT2D eigenvalue weighted by atomic mass is 32.2. The predicted octanol–water partition coefficient (Wildman–Crippen LogP) is 0.559. The molecule has 0 bridgehead atoms. The van der Waals surface area contributed by atoms with Gasteiger partial charge in [0.25, 0.3) is 0 Å². The Labute approximate surface area is 120 Å². The van der Waals surface area contributed by atoms with Crippen molar-refractivity contribution in [1.82, 2.24) is 14.7 Å². The molecule has 2 heterocycles. The van der Waals surface area contributed by atoms with Crippen LogP contribution >= 0.6 is 11.8 Å². The van der Waals surface area contributed by atoms with Crippen molar-refractivity contribution in [2.45, 2.75) is 13.0 Å². The molecule has 106 valence electrons. The maximum atomic E-state index is 11.6. The molecule has 0 aromatic carbocycles. The van der Waals surface area contributed by atoms with Gasteiger partial charge in [-0.15, -0.1) is 0 Å². The normalized spacial score (nSPS) is 10.6. The summed E-state index contributed by atoms with van der Waals surface area (Å²) in [6, 6.07) is 5.75. The zero-order chi connectivity index (χ0) is 14.4. The number of aromatic nitrogens is 2. The molecule has 2 aromatic heterocycles. The lowest BCUT2D eigenvalue weighted by molar-refractivity contribution is -0.121. The second-order valence-electron chi connectivity index (χ2n) is 4.24. The van der Waals surface area contributed by atoms with Gasteiger partial charge in [0.05, 0.1) is 18.0 Å². The lowest BCUT2D eigenvalue weighted by Crippen LogP contribution is -2.23. The minimum absolute atomic E-state index is 0.0565. The number of nitrogens with two attached hydrogens (primary N) is 1. The summed E-state index contributed by atoms with van der Waals surface area (Å²) in [4.78, 5) is 26.5. The standard InChI is InChI=1S/C13H16N4O2S/c14-11(18)9-20-6-4-13(19)15-7-10-8-17-5-2-1-3-12(17)16-10/h1-3,5,8H,4,6-7,9H2,(H2,14,18)(H,15,19). The van der Waals surface area contributed by atoms with Crippen LogP contribution in [0.4, 0.5) is 0 Å². The Morgan fingerprint density at radius 2 is 2.25 bits per heavy atom. The summed E-state index contributed by atoms with van der Waals surface area (Å²) in [5, 5.41) is 2.80. The zero-order valence-corrected chi connectivity index (χ0v) is 11.7. The monoisotopic (exact) mass is 292 g/mol. The molecule has 2 aromatic rings. The molecule has 2 amide bonds. The Bertz CT molecular complexity index is 578. The maximum absolute atomic E-state index is 11.6. The van der Waals surface area contributed by atoms with Crippen LogP contribution in [0.5, 0.6) is 0 Å². The van der Waals surface area contributed by atoms with Gasteiger partial charge in [-0.2, -0.15) is 11.8 Å². The van der Waals surface area contributed by atoms with Crippen molar-refractivity contribution in [2.24, 2.45) is 5.73 Å². The van der Waals surface area contributed by atoms with Gasteiger partial charge in [-0.05, 0) is 12.1 Å². The van der Waals surface area contributed by atoms with Gasteiger partial charge < -0.3 is 15.5 Å². The first kappa shape index (κ1) is 14.4. The van der Waals surface area contributed by atoms with Gasteiger partial charge in [0.2, 0.25) is 11.8 Å². The average Bonchev–Trinajstić information content (AvgIpc) is 2.84. The Hall–Kier alpha value is -2.02. The van der Waals surface area contributed by atoms with Crippen molar-refractivity contribution in [1.29, 1.82) is 0 Å². The topological polar surface area (TPSA) is 89.5 Å². The summed E-state index contributed by atoms with van der Waals surface area (Å²) in [5.41, 5.74) is 6.68. The van der Waals surface area contributed by atoms with Gasteiger partial charge in [0, 0.05) is 24.6 Å². The van der Waals surface area contributed by atoms with Crippen LogP contribution in [0.25, 0.3) is 5.65 Å². The Morgan fingerprint density at radius 1 is 1.40 bits per heavy atom. The van der Waals surface area contributed by atoms with E-state index in [0.29, 0.717) is 18.7 Å². The zero-order valence-electron chi connectivity index (χ0n) is 10.9. The van der Waals surface area contributed by atoms with E-state index in [1.807, 2.05) is 35.0 Å². The second-order valence-corrected chi connectivity index (χ2v) is 5.35. The molecular weight excluding hydrogens is 276 g/mol. The number of hydrogen-bond donors (Lipinski definition) is 2. The summed E-state index contributed by atoms with van der Waals surface area (Å²) in [6.07, 6.45) is 4.16. The lowest BCUT2D eigenvalue weighted by atomic mass is 10.4. The summed E-state index contributed by atoms with van der Waals surface area (Å²) in [7, 11) is 0. The van der Waals surface area contributed by atoms with Gasteiger partial charge in [-0.25, -0.2) is 4.98 Å². The maximum Gasteiger partial charge on any atom is 0.227 e. The van der Waals surface area contributed by atoms with E-state index in [-0.39, 0.29) is 17.6 Å². The minimum atomic E-state index is -0.361. The van der Waals surface area contributed by atoms with E-state index in [2.05, 4.69) is 10.3 Å². The first-order valence-corrected chi connectivity index (χ1v) is 7.36. The van der Waals surface area contributed by atoms with E-state index < -0.39 is 0 Å². The third-order valence-corrected chi connectivity index (χ3v) is 3.58. The van der Waals surface area contributed by atoms with Crippen LogP contribution in [0.2, 0.25) is 0 Å². The molecular formula is C13H16N4O2S. The largest absolute Gasteiger partial charge is 0.369 e. The summed E-state index contributed by atoms with van der Waals surface area (Å²) in [6.45, 7) is 0.404. The Morgan fingerprint density at radius 3 is 3.00 bits per heavy atom. The van der Waals surface area contributed by atoms with Gasteiger partial charge in [0.1, 0.15) is 5.65 Å². The Kier molecular flexibility index (Phi) is 5.00. The molecule has 0 aliphatic rings. The first-order chi connectivity index (χ1) is 9.65. The molecule has 0 radical (unpaired) electrons. The highest BCUT2D eigenvalue weighted by Crippen LogP contribution is 2.05. The molecule has 0 fully saturated rings. The van der Waals surface area contributed by atoms with Crippen LogP contribution in [0.3, 0.4) is 0 Å². The van der Waals surface area contributed by atoms with Crippen LogP contribution in [-0.2, 0) is 16.1 Å². The van der Waals surface area contributed by atoms with Crippen LogP contribution < -0.4 is 11.1 Å². The highest BCUT2D eigenvalue weighted by Gasteiger charge is 2.05. The number of nitrogens with one attached hydrogen (secondary N) is 1. The van der Waals surface area contributed by atoms with E-state index in [1.165, 1.54) is 11.8 Å². The van der Waals surface area contributed by atoms with Crippen LogP contribution in [0.1, 0.15) is 12.1 Å². The number of thioether (sulfide) groups is 1. The van der Waals surface area contributed by atoms with Crippen molar-refractivity contribution in [2.75, 3.05) is 11.5 Å². The molecule has 0 aliphatic carbocycles. The summed E-state index contributed by atoms with van der Waals surface area (Å²) in [5.74, 6) is 0.416. The fourth-order valence-electron chi connectivity index (χ4n) is 1.69. The molecule has 7 heteroatoms. The van der Waals surface area contributed by atoms with E-state index in [0.717, 1.165) is 11.3 Å². The van der Waals surface area contributed by atoms with Gasteiger partial charge in [-0.3, -0.25) is 9.59 Å². The number of hydrogen-bond acceptors (Lipinski definition) is 4. The molecule has 0 spiro atoms. The molecule has 3 N–H and O–H groups in total. The Balaban J connectivity index is 1.74. The number of imidazole rings is 1. The van der Waals surface area contributed by atoms with E-state index in [1.54, 1.807) is 0 Å². The van der Waals surface area contributed by atoms with E-state index in [4.69, 9.17) is 5.73 Å². The highest BCUT2D eigenvalue weighted by molar-refractivity contribution is 7.99. The number of amides is 2. The van der Waals surface area contributed by atoms with Crippen molar-refractivity contribution in [3.63, 3.8) is 0 Å². The quantitative estimate of drug-likeness (QED) is 0.730. The van der Waals surface area contributed by atoms with Crippen LogP contribution in [0.15, 0.2) is 30.6 Å². The van der Waals surface area contributed by atoms with Crippen molar-refractivity contribution >= 4 is 29.2 Å². The van der Waals surface area contributed by atoms with Crippen molar-refractivity contribution < 1.29 is 9.59 Å². The smallest absolute Gasteiger partial charge is 0.227 e. The molecule has 20 heavy (non-hydrogen) atoms. The average molecular weight is 292 g/mol. The number of carbonyl (C=O) groups excluding carboxylic acids is 2. The fourth-order valence-corrected chi connectivity index (χ4v) is 2.36. The molecule has 0 saturated heterocycles. The van der Waals surface area contributed by atoms with E-state index >= 15 is 0 Å². The number of fused-ring (bicyclic) bond motifs is 1. The third-order valence-electron chi connectivity index (χ3n) is 2.60. The number of rotatable bonds is 7. The number of primary amides is 1. The molecule has 6 nitrogen and oxygen atoms in total. The lowest BCUT2D eigenvalue weighted by Gasteiger charge is -2.02. The van der Waals surface area contributed by atoms with E-state index in [9.17, 15) is 9.59 Å². The minimum Gasteiger partial charge on any atom is -0.369 e. The van der Waals surface area contributed by atoms with Crippen LogP contribution in [-0.4, -0.2) is 32.7 Å². The molecule has 0 aliphatic heterocycles. The molecule has 0 saturated carbocycles. The number of pyridine rings is 1. The number of carbonyl (C=O) groups is 2. The van der Waals surface area contributed by atoms with Gasteiger partial charge in [-0.1, -0.05) is 6.07 Å². The molecule has 2 rings (SSSR count). The van der Waals surface area contributed by atoms with Crippen molar-refractivity contribution in [3.8, 4) is 0 Å². The predicted molar refractivity (Wildman–Crippen MR) is 78.2 cm³/mol. The molecule has 0 atom stereocenters. The number of nitrogens with zero attached hydrogens (tertiary/aromatic N) is 2. The van der Waals surface area contributed by atoms with Crippen molar-refractivity contribution in [3.05, 3.63) is 36.3 Å². The SMILES string of the molecule is NC(=O)CSCCC(=O)NCc1cn2ccccc2n1. The van der Waals surface area contributed by atoms with Crippen LogP contribution in [0, 0.1) is 0 Å². The second kappa shape index (κ2) is 6.95. The summed E-state index contributed by atoms with van der Waals surface area (Å²) >= 11 is 1.36. The first-order valence-electron chi connectivity index (χ1n) is 6.20. The summed E-state index contributed by atoms with van der Waals surface area (Å²) < 4.78 is 1.91. The molecule has 0 unspecified atom stereocenters. The van der Waals surface area contributed by atoms with Gasteiger partial charge >= 0.3 is 0 Å². The van der Waals surface area contributed by atoms with Gasteiger partial charge in [0.15, 0.2) is 0 Å². The third kappa shape index (κ3) is 4.27. The fraction of sp³-hybridized carbons (Fsp3) is 0.308.